The van der Waals surface area contributed by atoms with Gasteiger partial charge in [-0.2, -0.15) is 5.10 Å². The number of fused-ring (bicyclic) bond motifs is 1. The molecule has 0 radical (unpaired) electrons. The van der Waals surface area contributed by atoms with Crippen molar-refractivity contribution in [1.82, 2.24) is 15.1 Å². The number of hydrogen-bond donors (Lipinski definition) is 1. The van der Waals surface area contributed by atoms with Crippen molar-refractivity contribution in [2.75, 3.05) is 6.54 Å². The number of aryl methyl sites for hydroxylation is 1. The molecule has 5 nitrogen and oxygen atoms in total. The average molecular weight is 308 g/mol. The molecular weight excluding hydrogens is 288 g/mol. The zero-order valence-electron chi connectivity index (χ0n) is 13.2. The second-order valence-electron chi connectivity index (χ2n) is 6.27. The molecule has 1 aliphatic carbocycles. The second kappa shape index (κ2) is 5.65. The van der Waals surface area contributed by atoms with Crippen LogP contribution in [0.1, 0.15) is 53.5 Å². The van der Waals surface area contributed by atoms with Crippen LogP contribution in [0.25, 0.3) is 0 Å². The van der Waals surface area contributed by atoms with Crippen molar-refractivity contribution >= 4 is 17.3 Å². The number of nitrogens with one attached hydrogen (secondary N) is 1. The average Bonchev–Trinajstić information content (AvgIpc) is 3.16. The Balaban J connectivity index is 1.82. The maximum Gasteiger partial charge on any atom is 0.272 e. The Hall–Kier alpha value is -2.43. The lowest BCUT2D eigenvalue weighted by Crippen LogP contribution is -2.30. The lowest BCUT2D eigenvalue weighted by molar-refractivity contribution is 0.0947. The molecule has 0 unspecified atom stereocenters. The molecule has 5 heteroatoms. The normalized spacial score (nSPS) is 18.3. The van der Waals surface area contributed by atoms with Gasteiger partial charge in [-0.05, 0) is 25.3 Å². The number of aliphatic imine (C=N–C) groups is 1. The fraction of sp³-hybridized carbons (Fsp3) is 0.389. The van der Waals surface area contributed by atoms with Crippen LogP contribution in [-0.2, 0) is 0 Å². The molecule has 0 atom stereocenters. The zero-order chi connectivity index (χ0) is 15.8. The molecule has 1 aromatic heterocycles. The van der Waals surface area contributed by atoms with E-state index in [-0.39, 0.29) is 5.91 Å². The van der Waals surface area contributed by atoms with E-state index in [4.69, 9.17) is 4.99 Å². The van der Waals surface area contributed by atoms with Gasteiger partial charge in [0.05, 0.1) is 24.0 Å². The molecule has 0 saturated heterocycles. The lowest BCUT2D eigenvalue weighted by atomic mass is 10.1. The van der Waals surface area contributed by atoms with E-state index in [1.807, 2.05) is 41.9 Å². The molecule has 118 valence electrons. The van der Waals surface area contributed by atoms with Gasteiger partial charge < -0.3 is 5.32 Å². The zero-order valence-corrected chi connectivity index (χ0v) is 13.2. The Morgan fingerprint density at radius 1 is 1.17 bits per heavy atom. The highest BCUT2D eigenvalue weighted by Gasteiger charge is 2.29. The minimum atomic E-state index is -0.0674. The summed E-state index contributed by atoms with van der Waals surface area (Å²) in [5.41, 5.74) is 4.10. The first-order valence-electron chi connectivity index (χ1n) is 8.24. The molecule has 2 heterocycles. The van der Waals surface area contributed by atoms with E-state index in [0.717, 1.165) is 35.5 Å². The highest BCUT2D eigenvalue weighted by Crippen LogP contribution is 2.35. The van der Waals surface area contributed by atoms with Gasteiger partial charge in [0.25, 0.3) is 5.91 Å². The second-order valence-corrected chi connectivity index (χ2v) is 6.27. The van der Waals surface area contributed by atoms with Crippen molar-refractivity contribution in [3.63, 3.8) is 0 Å². The van der Waals surface area contributed by atoms with Gasteiger partial charge in [-0.3, -0.25) is 9.48 Å². The third kappa shape index (κ3) is 2.46. The minimum absolute atomic E-state index is 0.0674. The predicted molar refractivity (Wildman–Crippen MR) is 89.4 cm³/mol. The van der Waals surface area contributed by atoms with Crippen LogP contribution in [0.15, 0.2) is 35.3 Å². The molecule has 0 bridgehead atoms. The Bertz CT molecular complexity index is 770. The van der Waals surface area contributed by atoms with Gasteiger partial charge in [-0.25, -0.2) is 4.99 Å². The van der Waals surface area contributed by atoms with Gasteiger partial charge in [0.1, 0.15) is 5.69 Å². The van der Waals surface area contributed by atoms with E-state index in [9.17, 15) is 4.79 Å². The van der Waals surface area contributed by atoms with Gasteiger partial charge in [0.2, 0.25) is 0 Å². The standard InChI is InChI=1S/C18H20N4O/c1-12-16-17(22(21-12)14-9-5-6-10-14)18(23)19-11-15(20-16)13-7-3-2-4-8-13/h2-4,7-8,14H,5-6,9-11H2,1H3,(H,19,23). The summed E-state index contributed by atoms with van der Waals surface area (Å²) < 4.78 is 1.92. The molecular formula is C18H20N4O. The number of hydrogen-bond acceptors (Lipinski definition) is 3. The molecule has 0 spiro atoms. The van der Waals surface area contributed by atoms with Gasteiger partial charge in [-0.15, -0.1) is 0 Å². The van der Waals surface area contributed by atoms with Gasteiger partial charge in [0, 0.05) is 0 Å². The largest absolute Gasteiger partial charge is 0.345 e. The van der Waals surface area contributed by atoms with E-state index in [1.165, 1.54) is 12.8 Å². The first kappa shape index (κ1) is 14.2. The number of carbonyl (C=O) groups is 1. The molecule has 1 aliphatic heterocycles. The first-order chi connectivity index (χ1) is 11.2. The summed E-state index contributed by atoms with van der Waals surface area (Å²) in [5.74, 6) is -0.0674. The number of amides is 1. The molecule has 1 fully saturated rings. The molecule has 23 heavy (non-hydrogen) atoms. The van der Waals surface area contributed by atoms with Crippen molar-refractivity contribution < 1.29 is 4.79 Å². The molecule has 1 aromatic carbocycles. The predicted octanol–water partition coefficient (Wildman–Crippen LogP) is 3.17. The lowest BCUT2D eigenvalue weighted by Gasteiger charge is -2.13. The summed E-state index contributed by atoms with van der Waals surface area (Å²) >= 11 is 0. The summed E-state index contributed by atoms with van der Waals surface area (Å²) in [5, 5.41) is 7.64. The summed E-state index contributed by atoms with van der Waals surface area (Å²) in [7, 11) is 0. The fourth-order valence-electron chi connectivity index (χ4n) is 3.52. The number of nitrogens with zero attached hydrogens (tertiary/aromatic N) is 3. The van der Waals surface area contributed by atoms with Gasteiger partial charge >= 0.3 is 0 Å². The molecule has 2 aromatic rings. The maximum absolute atomic E-state index is 12.6. The van der Waals surface area contributed by atoms with Gasteiger partial charge in [0.15, 0.2) is 5.69 Å². The van der Waals surface area contributed by atoms with Crippen molar-refractivity contribution in [3.05, 3.63) is 47.3 Å². The number of benzene rings is 1. The van der Waals surface area contributed by atoms with Crippen LogP contribution in [0.2, 0.25) is 0 Å². The molecule has 1 saturated carbocycles. The van der Waals surface area contributed by atoms with Crippen molar-refractivity contribution in [1.29, 1.82) is 0 Å². The maximum atomic E-state index is 12.6. The summed E-state index contributed by atoms with van der Waals surface area (Å²) in [4.78, 5) is 17.4. The minimum Gasteiger partial charge on any atom is -0.345 e. The number of rotatable bonds is 2. The Morgan fingerprint density at radius 2 is 1.91 bits per heavy atom. The summed E-state index contributed by atoms with van der Waals surface area (Å²) in [6.07, 6.45) is 4.60. The fourth-order valence-corrected chi connectivity index (χ4v) is 3.52. The Kier molecular flexibility index (Phi) is 3.48. The molecule has 4 rings (SSSR count). The van der Waals surface area contributed by atoms with Crippen molar-refractivity contribution in [2.24, 2.45) is 4.99 Å². The van der Waals surface area contributed by atoms with Crippen LogP contribution in [0.5, 0.6) is 0 Å². The molecule has 2 aliphatic rings. The van der Waals surface area contributed by atoms with E-state index in [2.05, 4.69) is 10.4 Å². The quantitative estimate of drug-likeness (QED) is 0.926. The molecule has 1 N–H and O–H groups in total. The highest BCUT2D eigenvalue weighted by atomic mass is 16.2. The van der Waals surface area contributed by atoms with Crippen LogP contribution >= 0.6 is 0 Å². The van der Waals surface area contributed by atoms with E-state index in [1.54, 1.807) is 0 Å². The highest BCUT2D eigenvalue weighted by molar-refractivity contribution is 6.10. The van der Waals surface area contributed by atoms with E-state index < -0.39 is 0 Å². The Morgan fingerprint density at radius 3 is 2.65 bits per heavy atom. The van der Waals surface area contributed by atoms with Crippen LogP contribution in [-0.4, -0.2) is 27.9 Å². The topological polar surface area (TPSA) is 59.3 Å². The van der Waals surface area contributed by atoms with Crippen LogP contribution in [0.4, 0.5) is 5.69 Å². The summed E-state index contributed by atoms with van der Waals surface area (Å²) in [6.45, 7) is 2.39. The number of aromatic nitrogens is 2. The van der Waals surface area contributed by atoms with Crippen LogP contribution in [0, 0.1) is 6.92 Å². The van der Waals surface area contributed by atoms with Gasteiger partial charge in [-0.1, -0.05) is 43.2 Å². The van der Waals surface area contributed by atoms with Crippen molar-refractivity contribution in [3.8, 4) is 0 Å². The first-order valence-corrected chi connectivity index (χ1v) is 8.24. The smallest absolute Gasteiger partial charge is 0.272 e. The Labute approximate surface area is 135 Å². The summed E-state index contributed by atoms with van der Waals surface area (Å²) in [6, 6.07) is 10.3. The monoisotopic (exact) mass is 308 g/mol. The third-order valence-electron chi connectivity index (χ3n) is 4.71. The van der Waals surface area contributed by atoms with E-state index >= 15 is 0 Å². The SMILES string of the molecule is Cc1nn(C2CCCC2)c2c1N=C(c1ccccc1)CNC2=O. The van der Waals surface area contributed by atoms with Crippen LogP contribution < -0.4 is 5.32 Å². The third-order valence-corrected chi connectivity index (χ3v) is 4.71. The van der Waals surface area contributed by atoms with E-state index in [0.29, 0.717) is 18.3 Å². The van der Waals surface area contributed by atoms with Crippen LogP contribution in [0.3, 0.4) is 0 Å². The number of carbonyl (C=O) groups excluding carboxylic acids is 1. The van der Waals surface area contributed by atoms with Crippen molar-refractivity contribution in [2.45, 2.75) is 38.6 Å². The molecule has 1 amide bonds.